The third kappa shape index (κ3) is 4.31. The van der Waals surface area contributed by atoms with Crippen LogP contribution in [0.5, 0.6) is 0 Å². The Balaban J connectivity index is 2.05. The molecule has 0 spiro atoms. The average Bonchev–Trinajstić information content (AvgIpc) is 2.93. The van der Waals surface area contributed by atoms with Crippen molar-refractivity contribution in [2.24, 2.45) is 0 Å². The molecular weight excluding hydrogens is 319 g/mol. The molecule has 0 amide bonds. The minimum absolute atomic E-state index is 0.382. The topological polar surface area (TPSA) is 56.4 Å². The van der Waals surface area contributed by atoms with Gasteiger partial charge in [0.2, 0.25) is 0 Å². The van der Waals surface area contributed by atoms with E-state index in [4.69, 9.17) is 14.0 Å². The number of aromatic nitrogens is 1. The minimum Gasteiger partial charge on any atom is -0.399 e. The Morgan fingerprint density at radius 1 is 1.21 bits per heavy atom. The zero-order valence-electron chi connectivity index (χ0n) is 16.0. The molecule has 0 radical (unpaired) electrons. The van der Waals surface area contributed by atoms with Gasteiger partial charge in [0.1, 0.15) is 18.5 Å². The van der Waals surface area contributed by atoms with E-state index in [9.17, 15) is 5.26 Å². The lowest BCUT2D eigenvalue weighted by molar-refractivity contribution is 0.00578. The van der Waals surface area contributed by atoms with E-state index in [-0.39, 0.29) is 11.2 Å². The molecule has 7 heteroatoms. The highest BCUT2D eigenvalue weighted by Gasteiger charge is 2.52. The maximum absolute atomic E-state index is 9.36. The van der Waals surface area contributed by atoms with Crippen molar-refractivity contribution in [1.29, 1.82) is 5.26 Å². The van der Waals surface area contributed by atoms with Crippen LogP contribution in [0.4, 0.5) is 0 Å². The van der Waals surface area contributed by atoms with Crippen LogP contribution in [0.3, 0.4) is 0 Å². The Labute approximate surface area is 147 Å². The Hall–Kier alpha value is -1.07. The summed E-state index contributed by atoms with van der Waals surface area (Å²) in [5, 5.41) is 9.36. The largest absolute Gasteiger partial charge is 0.496 e. The molecule has 1 aliphatic heterocycles. The van der Waals surface area contributed by atoms with E-state index in [2.05, 4.69) is 25.7 Å². The van der Waals surface area contributed by atoms with Crippen molar-refractivity contribution in [2.45, 2.75) is 71.3 Å². The quantitative estimate of drug-likeness (QED) is 0.586. The van der Waals surface area contributed by atoms with Gasteiger partial charge in [-0.1, -0.05) is 19.6 Å². The molecule has 5 nitrogen and oxygen atoms in total. The van der Waals surface area contributed by atoms with Crippen LogP contribution in [-0.4, -0.2) is 37.6 Å². The van der Waals surface area contributed by atoms with E-state index in [1.165, 1.54) is 0 Å². The molecule has 1 aromatic heterocycles. The van der Waals surface area contributed by atoms with E-state index in [0.29, 0.717) is 12.4 Å². The summed E-state index contributed by atoms with van der Waals surface area (Å²) in [5.41, 5.74) is 0.646. The molecule has 0 N–H and O–H groups in total. The van der Waals surface area contributed by atoms with Gasteiger partial charge >= 0.3 is 7.12 Å². The van der Waals surface area contributed by atoms with Gasteiger partial charge < -0.3 is 18.6 Å². The molecule has 2 heterocycles. The van der Waals surface area contributed by atoms with Gasteiger partial charge in [-0.25, -0.2) is 0 Å². The fourth-order valence-corrected chi connectivity index (χ4v) is 3.14. The van der Waals surface area contributed by atoms with Gasteiger partial charge in [-0.05, 0) is 39.8 Å². The summed E-state index contributed by atoms with van der Waals surface area (Å²) in [6.45, 7) is 16.2. The molecule has 0 bridgehead atoms. The monoisotopic (exact) mass is 348 g/mol. The van der Waals surface area contributed by atoms with Crippen molar-refractivity contribution in [2.75, 3.05) is 6.61 Å². The first-order valence-corrected chi connectivity index (χ1v) is 12.2. The standard InChI is InChI=1S/C17H29BN2O3Si/c1-16(2)17(3,4)23-18(22-16)14-10-15(11-19)20(12-14)13-21-8-9-24(5,6)7/h10,12H,8-9,13H2,1-7H3. The van der Waals surface area contributed by atoms with E-state index in [1.54, 1.807) is 0 Å². The second kappa shape index (κ2) is 6.68. The summed E-state index contributed by atoms with van der Waals surface area (Å²) in [6, 6.07) is 5.15. The predicted octanol–water partition coefficient (Wildman–Crippen LogP) is 2.97. The summed E-state index contributed by atoms with van der Waals surface area (Å²) in [4.78, 5) is 0. The van der Waals surface area contributed by atoms with Crippen LogP contribution in [0, 0.1) is 11.3 Å². The van der Waals surface area contributed by atoms with Crippen LogP contribution in [0.1, 0.15) is 33.4 Å². The fraction of sp³-hybridized carbons (Fsp3) is 0.706. The highest BCUT2D eigenvalue weighted by atomic mass is 28.3. The maximum atomic E-state index is 9.36. The van der Waals surface area contributed by atoms with Gasteiger partial charge in [0.15, 0.2) is 0 Å². The second-order valence-corrected chi connectivity index (χ2v) is 14.3. The highest BCUT2D eigenvalue weighted by molar-refractivity contribution is 6.76. The van der Waals surface area contributed by atoms with Gasteiger partial charge in [-0.3, -0.25) is 0 Å². The van der Waals surface area contributed by atoms with Gasteiger partial charge in [-0.2, -0.15) is 5.26 Å². The Morgan fingerprint density at radius 2 is 1.79 bits per heavy atom. The molecule has 132 valence electrons. The smallest absolute Gasteiger partial charge is 0.399 e. The van der Waals surface area contributed by atoms with Crippen molar-refractivity contribution in [3.8, 4) is 6.07 Å². The lowest BCUT2D eigenvalue weighted by atomic mass is 9.81. The number of hydrogen-bond acceptors (Lipinski definition) is 4. The highest BCUT2D eigenvalue weighted by Crippen LogP contribution is 2.36. The SMILES string of the molecule is CC1(C)OB(c2cc(C#N)n(COCC[Si](C)(C)C)c2)OC1(C)C. The van der Waals surface area contributed by atoms with Gasteiger partial charge in [-0.15, -0.1) is 0 Å². The summed E-state index contributed by atoms with van der Waals surface area (Å²) in [6.07, 6.45) is 1.90. The molecule has 1 fully saturated rings. The van der Waals surface area contributed by atoms with Gasteiger partial charge in [0.25, 0.3) is 0 Å². The third-order valence-corrected chi connectivity index (χ3v) is 6.49. The summed E-state index contributed by atoms with van der Waals surface area (Å²) >= 11 is 0. The fourth-order valence-electron chi connectivity index (χ4n) is 2.38. The van der Waals surface area contributed by atoms with E-state index in [1.807, 2.05) is 44.5 Å². The number of hydrogen-bond donors (Lipinski definition) is 0. The second-order valence-electron chi connectivity index (χ2n) is 8.68. The van der Waals surface area contributed by atoms with E-state index >= 15 is 0 Å². The first-order chi connectivity index (χ1) is 11.0. The number of nitrogens with zero attached hydrogens (tertiary/aromatic N) is 2. The molecular formula is C17H29BN2O3Si. The maximum Gasteiger partial charge on any atom is 0.496 e. The van der Waals surface area contributed by atoms with Gasteiger partial charge in [0, 0.05) is 26.3 Å². The molecule has 0 saturated carbocycles. The zero-order valence-corrected chi connectivity index (χ0v) is 17.0. The van der Waals surface area contributed by atoms with Crippen LogP contribution in [0.2, 0.25) is 25.7 Å². The Morgan fingerprint density at radius 3 is 2.29 bits per heavy atom. The van der Waals surface area contributed by atoms with Crippen LogP contribution in [0.15, 0.2) is 12.3 Å². The van der Waals surface area contributed by atoms with Crippen molar-refractivity contribution in [3.05, 3.63) is 18.0 Å². The van der Waals surface area contributed by atoms with Crippen molar-refractivity contribution in [1.82, 2.24) is 4.57 Å². The van der Waals surface area contributed by atoms with Crippen LogP contribution in [0.25, 0.3) is 0 Å². The van der Waals surface area contributed by atoms with E-state index in [0.717, 1.165) is 18.1 Å². The molecule has 1 saturated heterocycles. The predicted molar refractivity (Wildman–Crippen MR) is 99.0 cm³/mol. The zero-order chi connectivity index (χ0) is 18.2. The summed E-state index contributed by atoms with van der Waals surface area (Å²) in [7, 11) is -1.56. The molecule has 0 aromatic carbocycles. The van der Waals surface area contributed by atoms with Gasteiger partial charge in [0.05, 0.1) is 11.2 Å². The van der Waals surface area contributed by atoms with Crippen LogP contribution >= 0.6 is 0 Å². The first-order valence-electron chi connectivity index (χ1n) is 8.49. The molecule has 24 heavy (non-hydrogen) atoms. The number of nitriles is 1. The Kier molecular flexibility index (Phi) is 5.36. The lowest BCUT2D eigenvalue weighted by Crippen LogP contribution is -2.41. The van der Waals surface area contributed by atoms with Crippen molar-refractivity contribution < 1.29 is 14.0 Å². The number of rotatable bonds is 6. The molecule has 0 atom stereocenters. The van der Waals surface area contributed by atoms with Crippen LogP contribution < -0.4 is 5.46 Å². The molecule has 0 aliphatic carbocycles. The lowest BCUT2D eigenvalue weighted by Gasteiger charge is -2.32. The molecule has 0 unspecified atom stereocenters. The number of ether oxygens (including phenoxy) is 1. The average molecular weight is 348 g/mol. The molecule has 2 rings (SSSR count). The summed E-state index contributed by atoms with van der Waals surface area (Å²) in [5.74, 6) is 0. The summed E-state index contributed by atoms with van der Waals surface area (Å²) < 4.78 is 19.7. The first kappa shape index (κ1) is 19.3. The molecule has 1 aliphatic rings. The van der Waals surface area contributed by atoms with Crippen LogP contribution in [-0.2, 0) is 20.8 Å². The minimum atomic E-state index is -1.10. The van der Waals surface area contributed by atoms with Crippen molar-refractivity contribution >= 4 is 20.7 Å². The normalized spacial score (nSPS) is 19.5. The molecule has 1 aromatic rings. The van der Waals surface area contributed by atoms with Crippen molar-refractivity contribution in [3.63, 3.8) is 0 Å². The Bertz CT molecular complexity index is 613. The van der Waals surface area contributed by atoms with E-state index < -0.39 is 15.2 Å². The third-order valence-electron chi connectivity index (χ3n) is 4.78.